The van der Waals surface area contributed by atoms with Gasteiger partial charge in [-0.1, -0.05) is 17.7 Å². The Morgan fingerprint density at radius 3 is 2.20 bits per heavy atom. The predicted molar refractivity (Wildman–Crippen MR) is 81.0 cm³/mol. The van der Waals surface area contributed by atoms with Crippen LogP contribution in [0.15, 0.2) is 29.2 Å². The van der Waals surface area contributed by atoms with Crippen LogP contribution in [0.1, 0.15) is 26.3 Å². The zero-order chi connectivity index (χ0) is 15.3. The van der Waals surface area contributed by atoms with Crippen molar-refractivity contribution in [2.45, 2.75) is 38.1 Å². The summed E-state index contributed by atoms with van der Waals surface area (Å²) in [6, 6.07) is 7.91. The molecule has 0 bridgehead atoms. The van der Waals surface area contributed by atoms with Gasteiger partial charge in [0.1, 0.15) is 6.54 Å². The van der Waals surface area contributed by atoms with Crippen LogP contribution in [-0.2, 0) is 9.59 Å². The van der Waals surface area contributed by atoms with E-state index in [1.54, 1.807) is 0 Å². The monoisotopic (exact) mass is 295 g/mol. The van der Waals surface area contributed by atoms with Crippen LogP contribution in [0.25, 0.3) is 0 Å². The van der Waals surface area contributed by atoms with E-state index in [4.69, 9.17) is 5.11 Å². The van der Waals surface area contributed by atoms with E-state index in [0.717, 1.165) is 4.90 Å². The van der Waals surface area contributed by atoms with E-state index in [0.29, 0.717) is 0 Å². The fourth-order valence-electron chi connectivity index (χ4n) is 1.69. The smallest absolute Gasteiger partial charge is 0.323 e. The number of aryl methyl sites for hydroxylation is 1. The quantitative estimate of drug-likeness (QED) is 0.849. The Kier molecular flexibility index (Phi) is 5.62. The molecule has 1 rings (SSSR count). The predicted octanol–water partition coefficient (Wildman–Crippen LogP) is 2.80. The summed E-state index contributed by atoms with van der Waals surface area (Å²) < 4.78 is 0. The van der Waals surface area contributed by atoms with Gasteiger partial charge >= 0.3 is 5.97 Å². The minimum absolute atomic E-state index is 0.162. The lowest BCUT2D eigenvalue weighted by molar-refractivity contribution is -0.146. The Hall–Kier alpha value is -1.49. The van der Waals surface area contributed by atoms with Crippen molar-refractivity contribution in [3.63, 3.8) is 0 Å². The average molecular weight is 295 g/mol. The normalized spacial score (nSPS) is 11.2. The van der Waals surface area contributed by atoms with Gasteiger partial charge in [0.05, 0.1) is 5.75 Å². The third-order valence-electron chi connectivity index (χ3n) is 2.79. The molecule has 0 aliphatic heterocycles. The minimum atomic E-state index is -0.992. The van der Waals surface area contributed by atoms with Crippen LogP contribution in [0.2, 0.25) is 0 Å². The number of nitrogens with zero attached hydrogens (tertiary/aromatic N) is 1. The summed E-state index contributed by atoms with van der Waals surface area (Å²) >= 11 is 1.42. The first-order valence-corrected chi connectivity index (χ1v) is 7.40. The van der Waals surface area contributed by atoms with Crippen LogP contribution in [0.3, 0.4) is 0 Å². The van der Waals surface area contributed by atoms with Crippen molar-refractivity contribution in [2.75, 3.05) is 12.3 Å². The topological polar surface area (TPSA) is 57.6 Å². The summed E-state index contributed by atoms with van der Waals surface area (Å²) in [5.74, 6) is -0.910. The molecular weight excluding hydrogens is 274 g/mol. The molecule has 0 saturated carbocycles. The van der Waals surface area contributed by atoms with Crippen molar-refractivity contribution in [1.82, 2.24) is 4.90 Å². The molecule has 1 amide bonds. The van der Waals surface area contributed by atoms with Crippen molar-refractivity contribution >= 4 is 23.6 Å². The number of carboxylic acids is 1. The zero-order valence-corrected chi connectivity index (χ0v) is 13.2. The Morgan fingerprint density at radius 2 is 1.75 bits per heavy atom. The molecule has 20 heavy (non-hydrogen) atoms. The summed E-state index contributed by atoms with van der Waals surface area (Å²) in [5.41, 5.74) is 0.673. The molecule has 0 spiro atoms. The van der Waals surface area contributed by atoms with Crippen LogP contribution < -0.4 is 0 Å². The summed E-state index contributed by atoms with van der Waals surface area (Å²) in [4.78, 5) is 25.5. The molecule has 0 saturated heterocycles. The number of benzene rings is 1. The number of aliphatic carboxylic acids is 1. The molecule has 1 aromatic rings. The van der Waals surface area contributed by atoms with E-state index < -0.39 is 11.5 Å². The van der Waals surface area contributed by atoms with E-state index in [-0.39, 0.29) is 18.2 Å². The molecule has 110 valence electrons. The van der Waals surface area contributed by atoms with Crippen LogP contribution >= 0.6 is 11.8 Å². The lowest BCUT2D eigenvalue weighted by atomic mass is 10.1. The lowest BCUT2D eigenvalue weighted by Crippen LogP contribution is -2.49. The molecule has 0 radical (unpaired) electrons. The molecule has 4 nitrogen and oxygen atoms in total. The largest absolute Gasteiger partial charge is 0.480 e. The Bertz CT molecular complexity index is 477. The summed E-state index contributed by atoms with van der Waals surface area (Å²) in [5, 5.41) is 8.91. The number of hydrogen-bond acceptors (Lipinski definition) is 3. The van der Waals surface area contributed by atoms with Crippen molar-refractivity contribution < 1.29 is 14.7 Å². The Labute approximate surface area is 124 Å². The first kappa shape index (κ1) is 16.6. The Balaban J connectivity index is 2.67. The maximum absolute atomic E-state index is 12.2. The second-order valence-electron chi connectivity index (χ2n) is 5.65. The number of carbonyl (C=O) groups is 2. The molecule has 0 aliphatic carbocycles. The van der Waals surface area contributed by atoms with Gasteiger partial charge in [-0.2, -0.15) is 0 Å². The van der Waals surface area contributed by atoms with Crippen LogP contribution in [0, 0.1) is 6.92 Å². The lowest BCUT2D eigenvalue weighted by Gasteiger charge is -2.34. The molecule has 0 aromatic heterocycles. The number of carbonyl (C=O) groups excluding carboxylic acids is 1. The van der Waals surface area contributed by atoms with E-state index in [9.17, 15) is 9.59 Å². The van der Waals surface area contributed by atoms with Gasteiger partial charge in [-0.15, -0.1) is 11.8 Å². The van der Waals surface area contributed by atoms with Gasteiger partial charge in [-0.3, -0.25) is 9.59 Å². The highest BCUT2D eigenvalue weighted by Gasteiger charge is 2.28. The molecule has 0 unspecified atom stereocenters. The SMILES string of the molecule is Cc1ccc(SCC(=O)N(CC(=O)O)C(C)(C)C)cc1. The molecule has 0 aliphatic rings. The van der Waals surface area contributed by atoms with Crippen molar-refractivity contribution in [1.29, 1.82) is 0 Å². The average Bonchev–Trinajstić information content (AvgIpc) is 2.33. The van der Waals surface area contributed by atoms with Crippen LogP contribution in [0.5, 0.6) is 0 Å². The van der Waals surface area contributed by atoms with Crippen molar-refractivity contribution in [3.05, 3.63) is 29.8 Å². The fraction of sp³-hybridized carbons (Fsp3) is 0.467. The fourth-order valence-corrected chi connectivity index (χ4v) is 2.47. The van der Waals surface area contributed by atoms with E-state index >= 15 is 0 Å². The number of rotatable bonds is 5. The molecule has 5 heteroatoms. The summed E-state index contributed by atoms with van der Waals surface area (Å²) in [6.45, 7) is 7.25. The van der Waals surface area contributed by atoms with Gasteiger partial charge in [-0.25, -0.2) is 0 Å². The van der Waals surface area contributed by atoms with Gasteiger partial charge < -0.3 is 10.0 Å². The van der Waals surface area contributed by atoms with Crippen molar-refractivity contribution in [2.24, 2.45) is 0 Å². The van der Waals surface area contributed by atoms with Gasteiger partial charge in [0.25, 0.3) is 0 Å². The maximum atomic E-state index is 12.2. The first-order chi connectivity index (χ1) is 9.20. The summed E-state index contributed by atoms with van der Waals surface area (Å²) in [6.07, 6.45) is 0. The number of amides is 1. The third-order valence-corrected chi connectivity index (χ3v) is 3.78. The van der Waals surface area contributed by atoms with E-state index in [1.165, 1.54) is 22.2 Å². The molecule has 1 N–H and O–H groups in total. The minimum Gasteiger partial charge on any atom is -0.480 e. The summed E-state index contributed by atoms with van der Waals surface area (Å²) in [7, 11) is 0. The van der Waals surface area contributed by atoms with Crippen molar-refractivity contribution in [3.8, 4) is 0 Å². The maximum Gasteiger partial charge on any atom is 0.323 e. The van der Waals surface area contributed by atoms with Gasteiger partial charge in [-0.05, 0) is 39.8 Å². The van der Waals surface area contributed by atoms with Crippen LogP contribution in [0.4, 0.5) is 0 Å². The van der Waals surface area contributed by atoms with E-state index in [2.05, 4.69) is 0 Å². The second-order valence-corrected chi connectivity index (χ2v) is 6.69. The highest BCUT2D eigenvalue weighted by Crippen LogP contribution is 2.21. The highest BCUT2D eigenvalue weighted by molar-refractivity contribution is 8.00. The molecule has 0 fully saturated rings. The Morgan fingerprint density at radius 1 is 1.20 bits per heavy atom. The molecular formula is C15H21NO3S. The number of carboxylic acid groups (broad SMARTS) is 1. The first-order valence-electron chi connectivity index (χ1n) is 6.42. The molecule has 1 aromatic carbocycles. The van der Waals surface area contributed by atoms with Crippen LogP contribution in [-0.4, -0.2) is 39.7 Å². The second kappa shape index (κ2) is 6.79. The molecule has 0 atom stereocenters. The highest BCUT2D eigenvalue weighted by atomic mass is 32.2. The van der Waals surface area contributed by atoms with Gasteiger partial charge in [0.2, 0.25) is 5.91 Å². The molecule has 0 heterocycles. The van der Waals surface area contributed by atoms with Gasteiger partial charge in [0.15, 0.2) is 0 Å². The third kappa shape index (κ3) is 5.25. The van der Waals surface area contributed by atoms with Gasteiger partial charge in [0, 0.05) is 10.4 Å². The zero-order valence-electron chi connectivity index (χ0n) is 12.3. The number of thioether (sulfide) groups is 1. The number of hydrogen-bond donors (Lipinski definition) is 1. The van der Waals surface area contributed by atoms with E-state index in [1.807, 2.05) is 52.0 Å². The standard InChI is InChI=1S/C15H21NO3S/c1-11-5-7-12(8-6-11)20-10-13(17)16(9-14(18)19)15(2,3)4/h5-8H,9-10H2,1-4H3,(H,18,19).